The molecule has 0 aromatic heterocycles. The van der Waals surface area contributed by atoms with E-state index in [0.717, 1.165) is 12.8 Å². The lowest BCUT2D eigenvalue weighted by atomic mass is 10.1. The summed E-state index contributed by atoms with van der Waals surface area (Å²) in [6.07, 6.45) is 4.03. The molecule has 0 aromatic carbocycles. The van der Waals surface area contributed by atoms with Crippen molar-refractivity contribution in [2.45, 2.75) is 38.3 Å². The number of rotatable bonds is 3. The molecular weight excluding hydrogens is 194 g/mol. The van der Waals surface area contributed by atoms with Gasteiger partial charge in [-0.15, -0.1) is 6.58 Å². The Bertz CT molecular complexity index is 275. The first kappa shape index (κ1) is 11.8. The summed E-state index contributed by atoms with van der Waals surface area (Å²) in [5, 5.41) is 0. The molecule has 4 heteroatoms. The molecule has 1 fully saturated rings. The Morgan fingerprint density at radius 1 is 1.53 bits per heavy atom. The highest BCUT2D eigenvalue weighted by atomic mass is 16.5. The molecule has 1 heterocycles. The van der Waals surface area contributed by atoms with Crippen molar-refractivity contribution in [3.63, 3.8) is 0 Å². The fourth-order valence-electron chi connectivity index (χ4n) is 2.15. The van der Waals surface area contributed by atoms with Crippen molar-refractivity contribution >= 4 is 11.9 Å². The monoisotopic (exact) mass is 211 g/mol. The van der Waals surface area contributed by atoms with Crippen molar-refractivity contribution in [1.82, 2.24) is 4.90 Å². The van der Waals surface area contributed by atoms with Gasteiger partial charge in [0.15, 0.2) is 0 Å². The number of ether oxygens (including phenoxy) is 1. The highest BCUT2D eigenvalue weighted by Crippen LogP contribution is 2.27. The van der Waals surface area contributed by atoms with Gasteiger partial charge in [-0.05, 0) is 19.3 Å². The van der Waals surface area contributed by atoms with E-state index in [0.29, 0.717) is 6.42 Å². The normalized spacial score (nSPS) is 25.1. The highest BCUT2D eigenvalue weighted by Gasteiger charge is 2.39. The van der Waals surface area contributed by atoms with E-state index in [1.54, 1.807) is 11.0 Å². The van der Waals surface area contributed by atoms with Gasteiger partial charge in [0.25, 0.3) is 0 Å². The van der Waals surface area contributed by atoms with E-state index < -0.39 is 6.04 Å². The zero-order valence-corrected chi connectivity index (χ0v) is 9.23. The maximum absolute atomic E-state index is 11.4. The number of esters is 1. The van der Waals surface area contributed by atoms with Gasteiger partial charge in [0.1, 0.15) is 6.04 Å². The zero-order valence-electron chi connectivity index (χ0n) is 9.23. The third-order valence-corrected chi connectivity index (χ3v) is 2.78. The van der Waals surface area contributed by atoms with E-state index in [2.05, 4.69) is 11.3 Å². The third-order valence-electron chi connectivity index (χ3n) is 2.78. The number of amides is 1. The van der Waals surface area contributed by atoms with Gasteiger partial charge < -0.3 is 9.64 Å². The zero-order chi connectivity index (χ0) is 11.4. The fraction of sp³-hybridized carbons (Fsp3) is 0.636. The second-order valence-corrected chi connectivity index (χ2v) is 3.72. The maximum atomic E-state index is 11.4. The number of likely N-dealkylation sites (tertiary alicyclic amines) is 1. The quantitative estimate of drug-likeness (QED) is 0.519. The molecule has 0 bridgehead atoms. The lowest BCUT2D eigenvalue weighted by Crippen LogP contribution is -2.44. The predicted octanol–water partition coefficient (Wildman–Crippen LogP) is 1.11. The molecule has 0 radical (unpaired) electrons. The molecule has 84 valence electrons. The van der Waals surface area contributed by atoms with E-state index in [4.69, 9.17) is 0 Å². The van der Waals surface area contributed by atoms with Gasteiger partial charge in [0.05, 0.1) is 7.11 Å². The predicted molar refractivity (Wildman–Crippen MR) is 56.2 cm³/mol. The summed E-state index contributed by atoms with van der Waals surface area (Å²) in [7, 11) is 1.35. The maximum Gasteiger partial charge on any atom is 0.328 e. The Hall–Kier alpha value is -1.32. The smallest absolute Gasteiger partial charge is 0.328 e. The molecule has 4 nitrogen and oxygen atoms in total. The minimum atomic E-state index is -0.405. The molecule has 0 aliphatic carbocycles. The first-order chi connectivity index (χ1) is 7.11. The molecule has 1 saturated heterocycles. The molecule has 1 aliphatic rings. The number of carbonyl (C=O) groups excluding carboxylic acids is 2. The van der Waals surface area contributed by atoms with Crippen LogP contribution in [0.1, 0.15) is 26.2 Å². The van der Waals surface area contributed by atoms with Gasteiger partial charge in [0, 0.05) is 13.0 Å². The largest absolute Gasteiger partial charge is 0.467 e. The minimum absolute atomic E-state index is 0.0743. The molecule has 15 heavy (non-hydrogen) atoms. The van der Waals surface area contributed by atoms with E-state index >= 15 is 0 Å². The van der Waals surface area contributed by atoms with Crippen molar-refractivity contribution < 1.29 is 14.3 Å². The molecule has 0 saturated carbocycles. The molecule has 0 spiro atoms. The molecular formula is C11H17NO3. The Balaban J connectivity index is 2.79. The summed E-state index contributed by atoms with van der Waals surface area (Å²) in [6, 6.07) is -0.304. The van der Waals surface area contributed by atoms with Crippen LogP contribution in [0.4, 0.5) is 0 Å². The molecule has 1 amide bonds. The Morgan fingerprint density at radius 3 is 2.67 bits per heavy atom. The van der Waals surface area contributed by atoms with Crippen LogP contribution in [-0.4, -0.2) is 36.0 Å². The van der Waals surface area contributed by atoms with Crippen LogP contribution in [0.2, 0.25) is 0 Å². The summed E-state index contributed by atoms with van der Waals surface area (Å²) in [5.41, 5.74) is 0. The Labute approximate surface area is 89.9 Å². The van der Waals surface area contributed by atoms with E-state index in [1.807, 2.05) is 0 Å². The van der Waals surface area contributed by atoms with Crippen LogP contribution in [0.25, 0.3) is 0 Å². The van der Waals surface area contributed by atoms with Crippen molar-refractivity contribution in [2.24, 2.45) is 0 Å². The fourth-order valence-corrected chi connectivity index (χ4v) is 2.15. The van der Waals surface area contributed by atoms with Gasteiger partial charge >= 0.3 is 5.97 Å². The average molecular weight is 211 g/mol. The molecule has 1 rings (SSSR count). The number of hydrogen-bond donors (Lipinski definition) is 0. The first-order valence-corrected chi connectivity index (χ1v) is 5.09. The van der Waals surface area contributed by atoms with Gasteiger partial charge in [-0.3, -0.25) is 4.79 Å². The van der Waals surface area contributed by atoms with Crippen LogP contribution in [0, 0.1) is 0 Å². The summed E-state index contributed by atoms with van der Waals surface area (Å²) < 4.78 is 4.68. The third kappa shape index (κ3) is 2.37. The summed E-state index contributed by atoms with van der Waals surface area (Å²) in [6.45, 7) is 5.14. The summed E-state index contributed by atoms with van der Waals surface area (Å²) in [5.74, 6) is -0.397. The van der Waals surface area contributed by atoms with E-state index in [-0.39, 0.29) is 17.9 Å². The van der Waals surface area contributed by atoms with Crippen LogP contribution in [-0.2, 0) is 14.3 Å². The second-order valence-electron chi connectivity index (χ2n) is 3.72. The van der Waals surface area contributed by atoms with E-state index in [9.17, 15) is 9.59 Å². The van der Waals surface area contributed by atoms with Crippen LogP contribution in [0.15, 0.2) is 12.7 Å². The van der Waals surface area contributed by atoms with Gasteiger partial charge in [-0.25, -0.2) is 4.79 Å². The summed E-state index contributed by atoms with van der Waals surface area (Å²) in [4.78, 5) is 24.5. The molecule has 1 aliphatic heterocycles. The van der Waals surface area contributed by atoms with Crippen molar-refractivity contribution in [2.75, 3.05) is 7.11 Å². The number of methoxy groups -OCH3 is 1. The molecule has 0 aromatic rings. The second kappa shape index (κ2) is 4.96. The number of hydrogen-bond acceptors (Lipinski definition) is 3. The first-order valence-electron chi connectivity index (χ1n) is 5.09. The lowest BCUT2D eigenvalue weighted by molar-refractivity contribution is -0.151. The van der Waals surface area contributed by atoms with E-state index in [1.165, 1.54) is 14.0 Å². The van der Waals surface area contributed by atoms with Crippen LogP contribution in [0.5, 0.6) is 0 Å². The van der Waals surface area contributed by atoms with Gasteiger partial charge in [-0.1, -0.05) is 6.08 Å². The van der Waals surface area contributed by atoms with Gasteiger partial charge in [-0.2, -0.15) is 0 Å². The standard InChI is InChI=1S/C11H17NO3/c1-4-5-9-6-7-10(11(14)15-3)12(9)8(2)13/h4,9-10H,1,5-7H2,2-3H3/t9-,10-/m0/s1. The minimum Gasteiger partial charge on any atom is -0.467 e. The Kier molecular flexibility index (Phi) is 3.88. The Morgan fingerprint density at radius 2 is 2.20 bits per heavy atom. The molecule has 0 unspecified atom stereocenters. The SMILES string of the molecule is C=CC[C@H]1CC[C@@H](C(=O)OC)N1C(C)=O. The van der Waals surface area contributed by atoms with Crippen molar-refractivity contribution in [3.8, 4) is 0 Å². The van der Waals surface area contributed by atoms with Crippen LogP contribution in [0.3, 0.4) is 0 Å². The highest BCUT2D eigenvalue weighted by molar-refractivity contribution is 5.84. The number of carbonyl (C=O) groups is 2. The average Bonchev–Trinajstić information content (AvgIpc) is 2.61. The van der Waals surface area contributed by atoms with Gasteiger partial charge in [0.2, 0.25) is 5.91 Å². The molecule has 0 N–H and O–H groups in total. The lowest BCUT2D eigenvalue weighted by Gasteiger charge is -2.27. The topological polar surface area (TPSA) is 46.6 Å². The summed E-state index contributed by atoms with van der Waals surface area (Å²) >= 11 is 0. The van der Waals surface area contributed by atoms with Crippen LogP contribution >= 0.6 is 0 Å². The van der Waals surface area contributed by atoms with Crippen molar-refractivity contribution in [1.29, 1.82) is 0 Å². The number of nitrogens with zero attached hydrogens (tertiary/aromatic N) is 1. The van der Waals surface area contributed by atoms with Crippen LogP contribution < -0.4 is 0 Å². The molecule has 2 atom stereocenters. The van der Waals surface area contributed by atoms with Crippen molar-refractivity contribution in [3.05, 3.63) is 12.7 Å².